The van der Waals surface area contributed by atoms with Gasteiger partial charge in [0.15, 0.2) is 0 Å². The van der Waals surface area contributed by atoms with Gasteiger partial charge >= 0.3 is 0 Å². The molecule has 0 fully saturated rings. The molecular formula is C26H22N4. The number of benzene rings is 2. The normalized spacial score (nSPS) is 17.3. The van der Waals surface area contributed by atoms with E-state index in [4.69, 9.17) is 4.99 Å². The molecule has 0 bridgehead atoms. The third kappa shape index (κ3) is 2.92. The highest BCUT2D eigenvalue weighted by molar-refractivity contribution is 5.88. The van der Waals surface area contributed by atoms with E-state index in [2.05, 4.69) is 89.5 Å². The van der Waals surface area contributed by atoms with Gasteiger partial charge in [-0.05, 0) is 51.9 Å². The quantitative estimate of drug-likeness (QED) is 0.470. The van der Waals surface area contributed by atoms with Crippen molar-refractivity contribution in [2.45, 2.75) is 25.3 Å². The van der Waals surface area contributed by atoms with Gasteiger partial charge in [-0.1, -0.05) is 56.3 Å². The van der Waals surface area contributed by atoms with Crippen molar-refractivity contribution in [1.82, 2.24) is 15.0 Å². The molecule has 5 rings (SSSR count). The fourth-order valence-corrected chi connectivity index (χ4v) is 4.16. The van der Waals surface area contributed by atoms with Crippen LogP contribution < -0.4 is 0 Å². The lowest BCUT2D eigenvalue weighted by Crippen LogP contribution is -2.25. The van der Waals surface area contributed by atoms with Crippen LogP contribution in [0.1, 0.15) is 47.7 Å². The highest BCUT2D eigenvalue weighted by atomic mass is 14.9. The standard InChI is InChI=1S/C26H22N4/c1-18(2)25-13-23(10-11-29-25)26(24-9-4-3-6-20(24)16-30-26)22-8-5-7-19(12-22)21-14-27-17-28-15-21/h3-18H,1-2H3. The van der Waals surface area contributed by atoms with Crippen LogP contribution in [0.25, 0.3) is 11.1 Å². The van der Waals surface area contributed by atoms with Gasteiger partial charge in [0, 0.05) is 36.1 Å². The van der Waals surface area contributed by atoms with Gasteiger partial charge in [0.05, 0.1) is 0 Å². The number of hydrogen-bond donors (Lipinski definition) is 0. The molecule has 0 saturated heterocycles. The summed E-state index contributed by atoms with van der Waals surface area (Å²) >= 11 is 0. The zero-order valence-electron chi connectivity index (χ0n) is 17.0. The molecule has 2 aromatic carbocycles. The van der Waals surface area contributed by atoms with E-state index in [0.29, 0.717) is 5.92 Å². The van der Waals surface area contributed by atoms with Crippen molar-refractivity contribution in [3.63, 3.8) is 0 Å². The van der Waals surface area contributed by atoms with Crippen LogP contribution in [0.5, 0.6) is 0 Å². The van der Waals surface area contributed by atoms with Crippen molar-refractivity contribution in [2.24, 2.45) is 4.99 Å². The molecular weight excluding hydrogens is 368 g/mol. The summed E-state index contributed by atoms with van der Waals surface area (Å²) in [6.07, 6.45) is 9.12. The second-order valence-corrected chi connectivity index (χ2v) is 7.89. The monoisotopic (exact) mass is 390 g/mol. The minimum Gasteiger partial charge on any atom is -0.271 e. The van der Waals surface area contributed by atoms with Crippen LogP contribution in [0.4, 0.5) is 0 Å². The van der Waals surface area contributed by atoms with Crippen LogP contribution in [0.15, 0.2) is 90.6 Å². The summed E-state index contributed by atoms with van der Waals surface area (Å²) in [4.78, 5) is 18.1. The summed E-state index contributed by atoms with van der Waals surface area (Å²) in [7, 11) is 0. The maximum atomic E-state index is 5.13. The number of fused-ring (bicyclic) bond motifs is 1. The van der Waals surface area contributed by atoms with Crippen LogP contribution in [0.3, 0.4) is 0 Å². The highest BCUT2D eigenvalue weighted by Crippen LogP contribution is 2.45. The van der Waals surface area contributed by atoms with E-state index < -0.39 is 5.54 Å². The molecule has 1 atom stereocenters. The second-order valence-electron chi connectivity index (χ2n) is 7.89. The highest BCUT2D eigenvalue weighted by Gasteiger charge is 2.40. The Morgan fingerprint density at radius 2 is 1.60 bits per heavy atom. The smallest absolute Gasteiger partial charge is 0.136 e. The number of aromatic nitrogens is 3. The maximum Gasteiger partial charge on any atom is 0.136 e. The molecule has 0 amide bonds. The average molecular weight is 390 g/mol. The van der Waals surface area contributed by atoms with Gasteiger partial charge in [-0.2, -0.15) is 0 Å². The molecule has 0 spiro atoms. The van der Waals surface area contributed by atoms with Crippen LogP contribution in [-0.4, -0.2) is 21.2 Å². The second kappa shape index (κ2) is 7.30. The fourth-order valence-electron chi connectivity index (χ4n) is 4.16. The minimum atomic E-state index is -0.602. The molecule has 4 nitrogen and oxygen atoms in total. The third-order valence-electron chi connectivity index (χ3n) is 5.71. The van der Waals surface area contributed by atoms with Gasteiger partial charge < -0.3 is 0 Å². The zero-order valence-corrected chi connectivity index (χ0v) is 17.0. The topological polar surface area (TPSA) is 51.0 Å². The van der Waals surface area contributed by atoms with Crippen molar-refractivity contribution in [1.29, 1.82) is 0 Å². The third-order valence-corrected chi connectivity index (χ3v) is 5.71. The van der Waals surface area contributed by atoms with Crippen molar-refractivity contribution in [3.05, 3.63) is 114 Å². The molecule has 2 aromatic heterocycles. The van der Waals surface area contributed by atoms with E-state index in [1.54, 1.807) is 6.33 Å². The molecule has 1 unspecified atom stereocenters. The van der Waals surface area contributed by atoms with Gasteiger partial charge in [-0.3, -0.25) is 9.98 Å². The van der Waals surface area contributed by atoms with Gasteiger partial charge in [-0.15, -0.1) is 0 Å². The number of hydrogen-bond acceptors (Lipinski definition) is 4. The van der Waals surface area contributed by atoms with Gasteiger partial charge in [-0.25, -0.2) is 9.97 Å². The number of pyridine rings is 1. The van der Waals surface area contributed by atoms with Crippen LogP contribution >= 0.6 is 0 Å². The number of aliphatic imine (C=N–C) groups is 1. The molecule has 146 valence electrons. The molecule has 4 heteroatoms. The van der Waals surface area contributed by atoms with Crippen LogP contribution in [-0.2, 0) is 5.54 Å². The summed E-state index contributed by atoms with van der Waals surface area (Å²) in [6, 6.07) is 21.3. The predicted molar refractivity (Wildman–Crippen MR) is 120 cm³/mol. The van der Waals surface area contributed by atoms with Gasteiger partial charge in [0.25, 0.3) is 0 Å². The summed E-state index contributed by atoms with van der Waals surface area (Å²) in [5.41, 5.74) is 7.11. The Balaban J connectivity index is 1.76. The summed E-state index contributed by atoms with van der Waals surface area (Å²) in [5, 5.41) is 0. The number of nitrogens with zero attached hydrogens (tertiary/aromatic N) is 4. The minimum absolute atomic E-state index is 0.343. The maximum absolute atomic E-state index is 5.13. The summed E-state index contributed by atoms with van der Waals surface area (Å²) < 4.78 is 0. The Morgan fingerprint density at radius 3 is 2.43 bits per heavy atom. The Hall–Kier alpha value is -3.66. The Morgan fingerprint density at radius 1 is 0.800 bits per heavy atom. The summed E-state index contributed by atoms with van der Waals surface area (Å²) in [6.45, 7) is 4.33. The van der Waals surface area contributed by atoms with Crippen molar-refractivity contribution < 1.29 is 0 Å². The predicted octanol–water partition coefficient (Wildman–Crippen LogP) is 5.39. The van der Waals surface area contributed by atoms with E-state index in [1.165, 1.54) is 5.56 Å². The van der Waals surface area contributed by atoms with Crippen LogP contribution in [0, 0.1) is 0 Å². The van der Waals surface area contributed by atoms with Gasteiger partial charge in [0.2, 0.25) is 0 Å². The first kappa shape index (κ1) is 18.4. The van der Waals surface area contributed by atoms with E-state index in [9.17, 15) is 0 Å². The van der Waals surface area contributed by atoms with Crippen molar-refractivity contribution in [3.8, 4) is 11.1 Å². The first-order valence-electron chi connectivity index (χ1n) is 10.2. The SMILES string of the molecule is CC(C)c1cc(C2(c3cccc(-c4cncnc4)c3)N=Cc3ccccc32)ccn1. The molecule has 0 aliphatic carbocycles. The van der Waals surface area contributed by atoms with E-state index in [1.807, 2.05) is 24.8 Å². The Kier molecular flexibility index (Phi) is 4.47. The first-order chi connectivity index (χ1) is 14.7. The van der Waals surface area contributed by atoms with Gasteiger partial charge in [0.1, 0.15) is 11.9 Å². The molecule has 3 heterocycles. The van der Waals surface area contributed by atoms with E-state index in [-0.39, 0.29) is 0 Å². The summed E-state index contributed by atoms with van der Waals surface area (Å²) in [5.74, 6) is 0.343. The average Bonchev–Trinajstić information content (AvgIpc) is 3.20. The molecule has 0 radical (unpaired) electrons. The lowest BCUT2D eigenvalue weighted by atomic mass is 9.77. The molecule has 0 N–H and O–H groups in total. The lowest BCUT2D eigenvalue weighted by molar-refractivity contribution is 0.667. The Bertz CT molecular complexity index is 1230. The molecule has 1 aliphatic rings. The Labute approximate surface area is 176 Å². The van der Waals surface area contributed by atoms with Crippen molar-refractivity contribution in [2.75, 3.05) is 0 Å². The first-order valence-corrected chi connectivity index (χ1v) is 10.2. The molecule has 1 aliphatic heterocycles. The molecule has 30 heavy (non-hydrogen) atoms. The van der Waals surface area contributed by atoms with E-state index in [0.717, 1.165) is 33.5 Å². The zero-order chi connectivity index (χ0) is 20.6. The number of rotatable bonds is 4. The molecule has 0 saturated carbocycles. The van der Waals surface area contributed by atoms with Crippen LogP contribution in [0.2, 0.25) is 0 Å². The largest absolute Gasteiger partial charge is 0.271 e. The van der Waals surface area contributed by atoms with E-state index >= 15 is 0 Å². The van der Waals surface area contributed by atoms with Crippen molar-refractivity contribution >= 4 is 6.21 Å². The lowest BCUT2D eigenvalue weighted by Gasteiger charge is -2.30. The fraction of sp³-hybridized carbons (Fsp3) is 0.154. The molecule has 4 aromatic rings.